The van der Waals surface area contributed by atoms with Crippen molar-refractivity contribution in [1.82, 2.24) is 5.32 Å². The highest BCUT2D eigenvalue weighted by molar-refractivity contribution is 7.80. The molecule has 1 aliphatic heterocycles. The quantitative estimate of drug-likeness (QED) is 0.761. The molecule has 2 N–H and O–H groups in total. The highest BCUT2D eigenvalue weighted by Crippen LogP contribution is 2.23. The Morgan fingerprint density at radius 1 is 1.04 bits per heavy atom. The van der Waals surface area contributed by atoms with E-state index in [9.17, 15) is 0 Å². The maximum atomic E-state index is 5.50. The van der Waals surface area contributed by atoms with Gasteiger partial charge in [-0.25, -0.2) is 0 Å². The molecule has 1 atom stereocenters. The molecule has 0 radical (unpaired) electrons. The maximum absolute atomic E-state index is 5.50. The van der Waals surface area contributed by atoms with Crippen LogP contribution in [0.2, 0.25) is 0 Å². The summed E-state index contributed by atoms with van der Waals surface area (Å²) in [6.07, 6.45) is 2.61. The van der Waals surface area contributed by atoms with Crippen molar-refractivity contribution in [3.63, 3.8) is 0 Å². The zero-order chi connectivity index (χ0) is 17.8. The fraction of sp³-hybridized carbons (Fsp3) is 0.381. The van der Waals surface area contributed by atoms with Crippen molar-refractivity contribution < 1.29 is 0 Å². The van der Waals surface area contributed by atoms with Gasteiger partial charge in [0.25, 0.3) is 0 Å². The van der Waals surface area contributed by atoms with E-state index in [1.54, 1.807) is 0 Å². The molecule has 0 aromatic heterocycles. The molecule has 0 unspecified atom stereocenters. The summed E-state index contributed by atoms with van der Waals surface area (Å²) in [5.41, 5.74) is 6.05. The van der Waals surface area contributed by atoms with Crippen molar-refractivity contribution in [2.75, 3.05) is 23.3 Å². The molecule has 1 fully saturated rings. The smallest absolute Gasteiger partial charge is 0.171 e. The summed E-state index contributed by atoms with van der Waals surface area (Å²) in [4.78, 5) is 2.45. The molecule has 1 heterocycles. The van der Waals surface area contributed by atoms with Gasteiger partial charge in [-0.3, -0.25) is 0 Å². The molecule has 0 saturated carbocycles. The number of anilines is 2. The Morgan fingerprint density at radius 2 is 1.72 bits per heavy atom. The molecule has 3 nitrogen and oxygen atoms in total. The summed E-state index contributed by atoms with van der Waals surface area (Å²) in [5.74, 6) is 0. The predicted octanol–water partition coefficient (Wildman–Crippen LogP) is 4.95. The standard InChI is InChI=1S/C21H27N3S/c1-15-6-7-16(2)20(14-15)23-21(25)22-17(3)18-8-10-19(11-9-18)24-12-4-5-13-24/h6-11,14,17H,4-5,12-13H2,1-3H3,(H2,22,23,25)/t17-/m1/s1. The Hall–Kier alpha value is -2.07. The molecule has 4 heteroatoms. The monoisotopic (exact) mass is 353 g/mol. The number of benzene rings is 2. The molecule has 132 valence electrons. The first-order valence-corrected chi connectivity index (χ1v) is 9.43. The molecule has 0 bridgehead atoms. The molecule has 1 saturated heterocycles. The van der Waals surface area contributed by atoms with Crippen LogP contribution in [0.15, 0.2) is 42.5 Å². The van der Waals surface area contributed by atoms with Crippen molar-refractivity contribution in [2.45, 2.75) is 39.7 Å². The van der Waals surface area contributed by atoms with Gasteiger partial charge in [0, 0.05) is 24.5 Å². The first-order chi connectivity index (χ1) is 12.0. The topological polar surface area (TPSA) is 27.3 Å². The highest BCUT2D eigenvalue weighted by Gasteiger charge is 2.13. The van der Waals surface area contributed by atoms with Gasteiger partial charge in [0.1, 0.15) is 0 Å². The average Bonchev–Trinajstić information content (AvgIpc) is 3.13. The van der Waals surface area contributed by atoms with Crippen molar-refractivity contribution in [2.24, 2.45) is 0 Å². The fourth-order valence-corrected chi connectivity index (χ4v) is 3.54. The number of aryl methyl sites for hydroxylation is 2. The second-order valence-corrected chi connectivity index (χ2v) is 7.33. The normalized spacial score (nSPS) is 15.1. The first-order valence-electron chi connectivity index (χ1n) is 9.02. The van der Waals surface area contributed by atoms with Gasteiger partial charge in [0.05, 0.1) is 6.04 Å². The predicted molar refractivity (Wildman–Crippen MR) is 112 cm³/mol. The summed E-state index contributed by atoms with van der Waals surface area (Å²) in [5, 5.41) is 7.36. The van der Waals surface area contributed by atoms with E-state index in [4.69, 9.17) is 12.2 Å². The van der Waals surface area contributed by atoms with E-state index in [0.717, 1.165) is 5.69 Å². The van der Waals surface area contributed by atoms with Crippen molar-refractivity contribution in [1.29, 1.82) is 0 Å². The van der Waals surface area contributed by atoms with Crippen molar-refractivity contribution >= 4 is 28.7 Å². The molecule has 0 aliphatic carbocycles. The van der Waals surface area contributed by atoms with Crippen LogP contribution in [0.4, 0.5) is 11.4 Å². The van der Waals surface area contributed by atoms with Crippen LogP contribution in [0.25, 0.3) is 0 Å². The molecule has 2 aromatic carbocycles. The van der Waals surface area contributed by atoms with Crippen LogP contribution < -0.4 is 15.5 Å². The van der Waals surface area contributed by atoms with Gasteiger partial charge in [-0.15, -0.1) is 0 Å². The van der Waals surface area contributed by atoms with Crippen LogP contribution in [0.5, 0.6) is 0 Å². The Bertz CT molecular complexity index is 733. The van der Waals surface area contributed by atoms with Gasteiger partial charge >= 0.3 is 0 Å². The molecule has 1 aliphatic rings. The lowest BCUT2D eigenvalue weighted by atomic mass is 10.1. The van der Waals surface area contributed by atoms with E-state index in [-0.39, 0.29) is 6.04 Å². The zero-order valence-corrected chi connectivity index (χ0v) is 16.1. The molecule has 0 spiro atoms. The second kappa shape index (κ2) is 7.87. The highest BCUT2D eigenvalue weighted by atomic mass is 32.1. The molecular formula is C21H27N3S. The molecule has 2 aromatic rings. The maximum Gasteiger partial charge on any atom is 0.171 e. The van der Waals surface area contributed by atoms with E-state index < -0.39 is 0 Å². The van der Waals surface area contributed by atoms with Crippen LogP contribution in [0, 0.1) is 13.8 Å². The number of nitrogens with zero attached hydrogens (tertiary/aromatic N) is 1. The lowest BCUT2D eigenvalue weighted by molar-refractivity contribution is 0.722. The average molecular weight is 354 g/mol. The summed E-state index contributed by atoms with van der Waals surface area (Å²) < 4.78 is 0. The summed E-state index contributed by atoms with van der Waals surface area (Å²) >= 11 is 5.50. The number of hydrogen-bond donors (Lipinski definition) is 2. The molecule has 3 rings (SSSR count). The zero-order valence-electron chi connectivity index (χ0n) is 15.3. The van der Waals surface area contributed by atoms with E-state index in [2.05, 4.69) is 78.8 Å². The van der Waals surface area contributed by atoms with Crippen LogP contribution >= 0.6 is 12.2 Å². The van der Waals surface area contributed by atoms with Crippen LogP contribution in [-0.2, 0) is 0 Å². The summed E-state index contributed by atoms with van der Waals surface area (Å²) in [6.45, 7) is 8.67. The number of hydrogen-bond acceptors (Lipinski definition) is 2. The van der Waals surface area contributed by atoms with Crippen LogP contribution in [-0.4, -0.2) is 18.2 Å². The van der Waals surface area contributed by atoms with Gasteiger partial charge in [-0.2, -0.15) is 0 Å². The third-order valence-corrected chi connectivity index (χ3v) is 5.07. The number of nitrogens with one attached hydrogen (secondary N) is 2. The Morgan fingerprint density at radius 3 is 2.40 bits per heavy atom. The second-order valence-electron chi connectivity index (χ2n) is 6.92. The van der Waals surface area contributed by atoms with Crippen LogP contribution in [0.1, 0.15) is 42.5 Å². The Balaban J connectivity index is 1.60. The molecule has 25 heavy (non-hydrogen) atoms. The van der Waals surface area contributed by atoms with Crippen LogP contribution in [0.3, 0.4) is 0 Å². The largest absolute Gasteiger partial charge is 0.372 e. The van der Waals surface area contributed by atoms with Gasteiger partial charge < -0.3 is 15.5 Å². The number of thiocarbonyl (C=S) groups is 1. The van der Waals surface area contributed by atoms with Gasteiger partial charge in [-0.05, 0) is 80.7 Å². The van der Waals surface area contributed by atoms with E-state index >= 15 is 0 Å². The molecule has 0 amide bonds. The van der Waals surface area contributed by atoms with Gasteiger partial charge in [0.2, 0.25) is 0 Å². The number of rotatable bonds is 4. The lowest BCUT2D eigenvalue weighted by Gasteiger charge is -2.21. The third-order valence-electron chi connectivity index (χ3n) is 4.85. The third kappa shape index (κ3) is 4.51. The first kappa shape index (κ1) is 17.7. The van der Waals surface area contributed by atoms with E-state index in [0.29, 0.717) is 5.11 Å². The van der Waals surface area contributed by atoms with E-state index in [1.165, 1.54) is 48.3 Å². The van der Waals surface area contributed by atoms with Gasteiger partial charge in [-0.1, -0.05) is 24.3 Å². The minimum Gasteiger partial charge on any atom is -0.372 e. The van der Waals surface area contributed by atoms with Gasteiger partial charge in [0.15, 0.2) is 5.11 Å². The minimum atomic E-state index is 0.165. The Labute approximate surface area is 156 Å². The summed E-state index contributed by atoms with van der Waals surface area (Å²) in [6, 6.07) is 15.4. The van der Waals surface area contributed by atoms with E-state index in [1.807, 2.05) is 0 Å². The Kier molecular flexibility index (Phi) is 5.59. The lowest BCUT2D eigenvalue weighted by Crippen LogP contribution is -2.31. The SMILES string of the molecule is Cc1ccc(C)c(NC(=S)N[C@H](C)c2ccc(N3CCCC3)cc2)c1. The fourth-order valence-electron chi connectivity index (χ4n) is 3.26. The minimum absolute atomic E-state index is 0.165. The summed E-state index contributed by atoms with van der Waals surface area (Å²) in [7, 11) is 0. The van der Waals surface area contributed by atoms with Crippen molar-refractivity contribution in [3.05, 3.63) is 59.2 Å². The van der Waals surface area contributed by atoms with Crippen molar-refractivity contribution in [3.8, 4) is 0 Å². The molecular weight excluding hydrogens is 326 g/mol.